The van der Waals surface area contributed by atoms with Gasteiger partial charge in [0, 0.05) is 6.54 Å². The molecule has 0 amide bonds. The Morgan fingerprint density at radius 1 is 1.41 bits per heavy atom. The molecule has 0 fully saturated rings. The fourth-order valence-electron chi connectivity index (χ4n) is 1.21. The highest BCUT2D eigenvalue weighted by atomic mass is 16.4. The second kappa shape index (κ2) is 8.29. The van der Waals surface area contributed by atoms with Crippen LogP contribution in [0.25, 0.3) is 0 Å². The maximum absolute atomic E-state index is 10.5. The van der Waals surface area contributed by atoms with Crippen LogP contribution in [0.1, 0.15) is 18.4 Å². The Labute approximate surface area is 101 Å². The Morgan fingerprint density at radius 2 is 2.06 bits per heavy atom. The number of nitrogens with one attached hydrogen (secondary N) is 1. The minimum Gasteiger partial charge on any atom is -0.481 e. The first kappa shape index (κ1) is 15.1. The molecule has 17 heavy (non-hydrogen) atoms. The lowest BCUT2D eigenvalue weighted by atomic mass is 10.0. The minimum absolute atomic E-state index is 0. The lowest BCUT2D eigenvalue weighted by Gasteiger charge is -2.04. The monoisotopic (exact) mass is 237 g/mol. The summed E-state index contributed by atoms with van der Waals surface area (Å²) in [5, 5.41) is 11.6. The third-order valence-corrected chi connectivity index (χ3v) is 2.24. The van der Waals surface area contributed by atoms with Crippen molar-refractivity contribution < 1.29 is 9.90 Å². The molecule has 1 unspecified atom stereocenters. The van der Waals surface area contributed by atoms with E-state index < -0.39 is 11.9 Å². The summed E-state index contributed by atoms with van der Waals surface area (Å²) in [6.07, 6.45) is 1.74. The maximum atomic E-state index is 10.5. The van der Waals surface area contributed by atoms with Crippen molar-refractivity contribution in [1.29, 1.82) is 0 Å². The Balaban J connectivity index is 0.000000360. The summed E-state index contributed by atoms with van der Waals surface area (Å²) in [5.41, 5.74) is 0.847. The van der Waals surface area contributed by atoms with E-state index in [4.69, 9.17) is 5.11 Å². The van der Waals surface area contributed by atoms with Crippen molar-refractivity contribution in [3.05, 3.63) is 35.9 Å². The quantitative estimate of drug-likeness (QED) is 0.728. The Bertz CT molecular complexity index is 346. The smallest absolute Gasteiger partial charge is 0.310 e. The standard InChI is InChI=1S/C9H10O2.C3H6N2.H3N/c1-7(9(10)11)8-5-3-2-4-6-8;1-2-5-3-4-1;/h2-7H,1H3,(H,10,11);3H,1-2H2,(H,4,5);1H3. The van der Waals surface area contributed by atoms with Gasteiger partial charge in [0.25, 0.3) is 0 Å². The van der Waals surface area contributed by atoms with Crippen LogP contribution in [0.3, 0.4) is 0 Å². The second-order valence-corrected chi connectivity index (χ2v) is 3.46. The highest BCUT2D eigenvalue weighted by Crippen LogP contribution is 2.13. The van der Waals surface area contributed by atoms with E-state index >= 15 is 0 Å². The van der Waals surface area contributed by atoms with Crippen LogP contribution in [0.15, 0.2) is 35.3 Å². The van der Waals surface area contributed by atoms with Gasteiger partial charge in [0.1, 0.15) is 0 Å². The van der Waals surface area contributed by atoms with E-state index in [2.05, 4.69) is 10.3 Å². The summed E-state index contributed by atoms with van der Waals surface area (Å²) < 4.78 is 0. The first-order valence-electron chi connectivity index (χ1n) is 5.21. The largest absolute Gasteiger partial charge is 0.481 e. The normalized spacial score (nSPS) is 13.7. The zero-order chi connectivity index (χ0) is 11.8. The van der Waals surface area contributed by atoms with Gasteiger partial charge in [-0.25, -0.2) is 0 Å². The highest BCUT2D eigenvalue weighted by Gasteiger charge is 2.11. The number of nitrogens with zero attached hydrogens (tertiary/aromatic N) is 1. The molecule has 0 spiro atoms. The molecule has 5 nitrogen and oxygen atoms in total. The van der Waals surface area contributed by atoms with Crippen molar-refractivity contribution in [2.45, 2.75) is 12.8 Å². The number of carboxylic acid groups (broad SMARTS) is 1. The highest BCUT2D eigenvalue weighted by molar-refractivity contribution is 5.75. The zero-order valence-corrected chi connectivity index (χ0v) is 9.97. The number of carboxylic acids is 1. The van der Waals surface area contributed by atoms with Gasteiger partial charge in [-0.15, -0.1) is 0 Å². The summed E-state index contributed by atoms with van der Waals surface area (Å²) in [7, 11) is 0. The third-order valence-electron chi connectivity index (χ3n) is 2.24. The Hall–Kier alpha value is -1.88. The van der Waals surface area contributed by atoms with Crippen LogP contribution in [-0.2, 0) is 4.79 Å². The lowest BCUT2D eigenvalue weighted by Crippen LogP contribution is -2.06. The maximum Gasteiger partial charge on any atom is 0.310 e. The second-order valence-electron chi connectivity index (χ2n) is 3.46. The number of benzene rings is 1. The van der Waals surface area contributed by atoms with Gasteiger partial charge >= 0.3 is 5.97 Å². The van der Waals surface area contributed by atoms with E-state index in [0.717, 1.165) is 18.7 Å². The molecule has 1 heterocycles. The molecule has 1 aliphatic heterocycles. The predicted molar refractivity (Wildman–Crippen MR) is 68.9 cm³/mol. The zero-order valence-electron chi connectivity index (χ0n) is 9.97. The van der Waals surface area contributed by atoms with Crippen LogP contribution >= 0.6 is 0 Å². The first-order chi connectivity index (χ1) is 7.72. The van der Waals surface area contributed by atoms with Crippen molar-refractivity contribution in [1.82, 2.24) is 11.5 Å². The molecular weight excluding hydrogens is 218 g/mol. The molecule has 0 aliphatic carbocycles. The topological polar surface area (TPSA) is 96.7 Å². The fourth-order valence-corrected chi connectivity index (χ4v) is 1.21. The van der Waals surface area contributed by atoms with E-state index in [-0.39, 0.29) is 6.15 Å². The van der Waals surface area contributed by atoms with Gasteiger partial charge < -0.3 is 16.6 Å². The molecule has 0 saturated heterocycles. The molecule has 0 aromatic heterocycles. The molecule has 0 saturated carbocycles. The summed E-state index contributed by atoms with van der Waals surface area (Å²) >= 11 is 0. The number of aliphatic imine (C=N–C) groups is 1. The average Bonchev–Trinajstić information content (AvgIpc) is 2.88. The minimum atomic E-state index is -0.781. The van der Waals surface area contributed by atoms with Gasteiger partial charge in [0.05, 0.1) is 18.8 Å². The molecule has 1 atom stereocenters. The molecule has 1 aromatic carbocycles. The van der Waals surface area contributed by atoms with Gasteiger partial charge in [0.2, 0.25) is 0 Å². The summed E-state index contributed by atoms with van der Waals surface area (Å²) in [4.78, 5) is 14.3. The summed E-state index contributed by atoms with van der Waals surface area (Å²) in [6.45, 7) is 3.66. The van der Waals surface area contributed by atoms with Gasteiger partial charge in [-0.1, -0.05) is 30.3 Å². The number of hydrogen-bond acceptors (Lipinski definition) is 4. The van der Waals surface area contributed by atoms with Gasteiger partial charge in [-0.2, -0.15) is 0 Å². The van der Waals surface area contributed by atoms with Crippen LogP contribution in [-0.4, -0.2) is 30.5 Å². The van der Waals surface area contributed by atoms with Crippen molar-refractivity contribution in [3.8, 4) is 0 Å². The molecule has 5 N–H and O–H groups in total. The summed E-state index contributed by atoms with van der Waals surface area (Å²) in [6, 6.07) is 9.19. The molecule has 94 valence electrons. The van der Waals surface area contributed by atoms with Crippen LogP contribution in [0, 0.1) is 0 Å². The first-order valence-corrected chi connectivity index (χ1v) is 5.21. The van der Waals surface area contributed by atoms with E-state index in [1.807, 2.05) is 30.3 Å². The summed E-state index contributed by atoms with van der Waals surface area (Å²) in [5.74, 6) is -1.19. The van der Waals surface area contributed by atoms with Crippen molar-refractivity contribution in [2.24, 2.45) is 4.99 Å². The fraction of sp³-hybridized carbons (Fsp3) is 0.333. The third kappa shape index (κ3) is 5.67. The molecule has 0 radical (unpaired) electrons. The van der Waals surface area contributed by atoms with Crippen LogP contribution in [0.2, 0.25) is 0 Å². The van der Waals surface area contributed by atoms with Crippen LogP contribution in [0.5, 0.6) is 0 Å². The van der Waals surface area contributed by atoms with Crippen molar-refractivity contribution >= 4 is 12.3 Å². The Morgan fingerprint density at radius 3 is 2.41 bits per heavy atom. The van der Waals surface area contributed by atoms with Crippen LogP contribution in [0.4, 0.5) is 0 Å². The van der Waals surface area contributed by atoms with Crippen molar-refractivity contribution in [3.63, 3.8) is 0 Å². The molecule has 5 heteroatoms. The lowest BCUT2D eigenvalue weighted by molar-refractivity contribution is -0.138. The number of rotatable bonds is 2. The SMILES string of the molecule is C1=NCCN1.CC(C(=O)O)c1ccccc1.N. The van der Waals surface area contributed by atoms with Gasteiger partial charge in [0.15, 0.2) is 0 Å². The molecule has 1 aliphatic rings. The van der Waals surface area contributed by atoms with Crippen LogP contribution < -0.4 is 11.5 Å². The van der Waals surface area contributed by atoms with E-state index in [1.54, 1.807) is 13.3 Å². The molecule has 1 aromatic rings. The Kier molecular flexibility index (Phi) is 7.38. The van der Waals surface area contributed by atoms with E-state index in [0.29, 0.717) is 0 Å². The van der Waals surface area contributed by atoms with E-state index in [1.165, 1.54) is 0 Å². The van der Waals surface area contributed by atoms with E-state index in [9.17, 15) is 4.79 Å². The molecular formula is C12H19N3O2. The van der Waals surface area contributed by atoms with Gasteiger partial charge in [-0.05, 0) is 12.5 Å². The van der Waals surface area contributed by atoms with Crippen molar-refractivity contribution in [2.75, 3.05) is 13.1 Å². The van der Waals surface area contributed by atoms with Gasteiger partial charge in [-0.3, -0.25) is 9.79 Å². The molecule has 2 rings (SSSR count). The number of aliphatic carboxylic acids is 1. The number of hydrogen-bond donors (Lipinski definition) is 3. The average molecular weight is 237 g/mol. The number of carbonyl (C=O) groups is 1. The predicted octanol–water partition coefficient (Wildman–Crippen LogP) is 1.65. The molecule has 0 bridgehead atoms.